The number of likely N-dealkylation sites (tertiary alicyclic amines) is 1. The summed E-state index contributed by atoms with van der Waals surface area (Å²) in [7, 11) is 0. The first-order chi connectivity index (χ1) is 14.6. The van der Waals surface area contributed by atoms with E-state index in [9.17, 15) is 14.7 Å². The van der Waals surface area contributed by atoms with Gasteiger partial charge < -0.3 is 25.1 Å². The number of anilines is 1. The van der Waals surface area contributed by atoms with Crippen molar-refractivity contribution >= 4 is 17.5 Å². The van der Waals surface area contributed by atoms with Crippen LogP contribution in [0.1, 0.15) is 45.5 Å². The molecule has 1 aromatic heterocycles. The molecule has 2 aromatic rings. The van der Waals surface area contributed by atoms with Crippen LogP contribution in [0.5, 0.6) is 0 Å². The van der Waals surface area contributed by atoms with E-state index in [1.807, 2.05) is 17.0 Å². The van der Waals surface area contributed by atoms with Gasteiger partial charge in [0.2, 0.25) is 0 Å². The summed E-state index contributed by atoms with van der Waals surface area (Å²) < 4.78 is 4.97. The van der Waals surface area contributed by atoms with Crippen molar-refractivity contribution in [3.8, 4) is 0 Å². The van der Waals surface area contributed by atoms with Crippen LogP contribution in [-0.4, -0.2) is 53.6 Å². The molecule has 7 nitrogen and oxygen atoms in total. The first-order valence-corrected chi connectivity index (χ1v) is 10.8. The Bertz CT molecular complexity index is 942. The summed E-state index contributed by atoms with van der Waals surface area (Å²) in [5.74, 6) is 0.362. The highest BCUT2D eigenvalue weighted by molar-refractivity contribution is 6.00. The molecule has 0 radical (unpaired) electrons. The summed E-state index contributed by atoms with van der Waals surface area (Å²) >= 11 is 0. The van der Waals surface area contributed by atoms with Crippen LogP contribution in [0.4, 0.5) is 5.69 Å². The summed E-state index contributed by atoms with van der Waals surface area (Å²) in [5.41, 5.74) is 3.39. The van der Waals surface area contributed by atoms with Gasteiger partial charge in [-0.05, 0) is 55.2 Å². The van der Waals surface area contributed by atoms with E-state index in [1.54, 1.807) is 6.07 Å². The fourth-order valence-electron chi connectivity index (χ4n) is 5.25. The normalized spacial score (nSPS) is 27.7. The Labute approximate surface area is 175 Å². The van der Waals surface area contributed by atoms with Crippen LogP contribution in [0.3, 0.4) is 0 Å². The minimum atomic E-state index is -0.608. The zero-order valence-electron chi connectivity index (χ0n) is 16.8. The van der Waals surface area contributed by atoms with Crippen LogP contribution in [0.25, 0.3) is 0 Å². The Morgan fingerprint density at radius 3 is 2.80 bits per heavy atom. The topological polar surface area (TPSA) is 94.8 Å². The second-order valence-electron chi connectivity index (χ2n) is 8.73. The predicted molar refractivity (Wildman–Crippen MR) is 111 cm³/mol. The number of nitrogens with one attached hydrogen (secondary N) is 2. The lowest BCUT2D eigenvalue weighted by molar-refractivity contribution is 0.0461. The molecule has 3 aliphatic rings. The van der Waals surface area contributed by atoms with Gasteiger partial charge in [-0.2, -0.15) is 0 Å². The molecule has 1 aromatic carbocycles. The van der Waals surface area contributed by atoms with Crippen molar-refractivity contribution in [3.05, 3.63) is 53.5 Å². The highest BCUT2D eigenvalue weighted by Gasteiger charge is 2.44. The van der Waals surface area contributed by atoms with E-state index in [1.165, 1.54) is 18.1 Å². The second-order valence-corrected chi connectivity index (χ2v) is 8.73. The van der Waals surface area contributed by atoms with Crippen molar-refractivity contribution in [3.63, 3.8) is 0 Å². The lowest BCUT2D eigenvalue weighted by Gasteiger charge is -2.35. The predicted octanol–water partition coefficient (Wildman–Crippen LogP) is 2.28. The number of carbonyl (C=O) groups excluding carboxylic acids is 2. The third-order valence-electron chi connectivity index (χ3n) is 6.83. The molecule has 4 atom stereocenters. The molecule has 158 valence electrons. The number of hydrogen-bond donors (Lipinski definition) is 3. The fourth-order valence-corrected chi connectivity index (χ4v) is 5.25. The number of amides is 2. The quantitative estimate of drug-likeness (QED) is 0.723. The Kier molecular flexibility index (Phi) is 4.98. The molecule has 3 N–H and O–H groups in total. The molecule has 7 heteroatoms. The molecule has 30 heavy (non-hydrogen) atoms. The highest BCUT2D eigenvalue weighted by atomic mass is 16.3. The first kappa shape index (κ1) is 19.2. The highest BCUT2D eigenvalue weighted by Crippen LogP contribution is 2.38. The third-order valence-corrected chi connectivity index (χ3v) is 6.83. The Morgan fingerprint density at radius 2 is 2.00 bits per heavy atom. The zero-order chi connectivity index (χ0) is 20.7. The molecule has 2 fully saturated rings. The van der Waals surface area contributed by atoms with Crippen molar-refractivity contribution < 1.29 is 19.1 Å². The summed E-state index contributed by atoms with van der Waals surface area (Å²) in [6, 6.07) is 7.26. The van der Waals surface area contributed by atoms with Crippen molar-refractivity contribution in [1.82, 2.24) is 10.2 Å². The Hall–Kier alpha value is -2.80. The number of rotatable bonds is 3. The van der Waals surface area contributed by atoms with Gasteiger partial charge in [-0.1, -0.05) is 12.1 Å². The van der Waals surface area contributed by atoms with E-state index >= 15 is 0 Å². The maximum Gasteiger partial charge on any atom is 0.255 e. The number of fused-ring (bicyclic) bond motifs is 2. The lowest BCUT2D eigenvalue weighted by Crippen LogP contribution is -2.49. The smallest absolute Gasteiger partial charge is 0.255 e. The van der Waals surface area contributed by atoms with Crippen LogP contribution >= 0.6 is 0 Å². The van der Waals surface area contributed by atoms with Crippen molar-refractivity contribution in [1.29, 1.82) is 0 Å². The van der Waals surface area contributed by atoms with Crippen LogP contribution < -0.4 is 10.6 Å². The monoisotopic (exact) mass is 409 g/mol. The lowest BCUT2D eigenvalue weighted by atomic mass is 9.77. The first-order valence-electron chi connectivity index (χ1n) is 10.8. The molecule has 1 aliphatic carbocycles. The largest absolute Gasteiger partial charge is 0.472 e. The Morgan fingerprint density at radius 1 is 1.17 bits per heavy atom. The summed E-state index contributed by atoms with van der Waals surface area (Å²) in [5, 5.41) is 17.0. The van der Waals surface area contributed by atoms with E-state index in [2.05, 4.69) is 16.7 Å². The van der Waals surface area contributed by atoms with Gasteiger partial charge in [0.1, 0.15) is 6.26 Å². The molecule has 1 saturated heterocycles. The minimum absolute atomic E-state index is 0.0594. The van der Waals surface area contributed by atoms with E-state index in [4.69, 9.17) is 4.42 Å². The summed E-state index contributed by atoms with van der Waals surface area (Å²) in [4.78, 5) is 27.6. The van der Waals surface area contributed by atoms with Crippen molar-refractivity contribution in [2.45, 2.75) is 37.8 Å². The summed E-state index contributed by atoms with van der Waals surface area (Å²) in [6.07, 6.45) is 5.60. The van der Waals surface area contributed by atoms with Gasteiger partial charge in [0, 0.05) is 19.6 Å². The van der Waals surface area contributed by atoms with E-state index in [0.29, 0.717) is 31.5 Å². The second kappa shape index (κ2) is 7.80. The third kappa shape index (κ3) is 3.47. The van der Waals surface area contributed by atoms with Gasteiger partial charge in [-0.25, -0.2) is 0 Å². The van der Waals surface area contributed by atoms with Crippen LogP contribution in [0.2, 0.25) is 0 Å². The standard InChI is InChI=1S/C23H27N3O4/c27-20-10-17-12-26(23(29)18-5-1-3-14-4-2-7-24-21(14)18)11-16(17)9-19(20)25-22(28)15-6-8-30-13-15/h1,3,5-6,8,13,16-17,19-20,24,27H,2,4,7,9-12H2,(H,25,28)/t16-,17+,19-,20-/m0/s1. The van der Waals surface area contributed by atoms with E-state index in [-0.39, 0.29) is 29.7 Å². The maximum atomic E-state index is 13.3. The molecule has 0 unspecified atom stereocenters. The van der Waals surface area contributed by atoms with Gasteiger partial charge in [0.15, 0.2) is 0 Å². The number of para-hydroxylation sites is 1. The Balaban J connectivity index is 1.27. The number of aliphatic hydroxyl groups excluding tert-OH is 1. The number of hydrogen-bond acceptors (Lipinski definition) is 5. The van der Waals surface area contributed by atoms with Crippen molar-refractivity contribution in [2.75, 3.05) is 25.0 Å². The van der Waals surface area contributed by atoms with Gasteiger partial charge >= 0.3 is 0 Å². The van der Waals surface area contributed by atoms with Gasteiger partial charge in [0.25, 0.3) is 11.8 Å². The molecule has 0 spiro atoms. The number of benzene rings is 1. The summed E-state index contributed by atoms with van der Waals surface area (Å²) in [6.45, 7) is 2.22. The fraction of sp³-hybridized carbons (Fsp3) is 0.478. The number of carbonyl (C=O) groups is 2. The molecule has 3 heterocycles. The average molecular weight is 409 g/mol. The van der Waals surface area contributed by atoms with Gasteiger partial charge in [-0.15, -0.1) is 0 Å². The SMILES string of the molecule is O=C(N[C@H]1C[C@H]2CN(C(=O)c3cccc4c3NCCC4)C[C@H]2C[C@@H]1O)c1ccoc1. The van der Waals surface area contributed by atoms with Gasteiger partial charge in [0.05, 0.1) is 35.2 Å². The number of furan rings is 1. The molecular formula is C23H27N3O4. The average Bonchev–Trinajstić information content (AvgIpc) is 3.43. The van der Waals surface area contributed by atoms with Crippen LogP contribution in [0, 0.1) is 11.8 Å². The molecular weight excluding hydrogens is 382 g/mol. The van der Waals surface area contributed by atoms with Gasteiger partial charge in [-0.3, -0.25) is 9.59 Å². The number of nitrogens with zero attached hydrogens (tertiary/aromatic N) is 1. The van der Waals surface area contributed by atoms with E-state index < -0.39 is 6.10 Å². The zero-order valence-corrected chi connectivity index (χ0v) is 16.8. The van der Waals surface area contributed by atoms with E-state index in [0.717, 1.165) is 30.6 Å². The molecule has 1 saturated carbocycles. The number of aryl methyl sites for hydroxylation is 1. The van der Waals surface area contributed by atoms with Crippen LogP contribution in [-0.2, 0) is 6.42 Å². The minimum Gasteiger partial charge on any atom is -0.472 e. The molecule has 0 bridgehead atoms. The van der Waals surface area contributed by atoms with Crippen LogP contribution in [0.15, 0.2) is 41.2 Å². The molecule has 2 aliphatic heterocycles. The molecule has 2 amide bonds. The van der Waals surface area contributed by atoms with Crippen molar-refractivity contribution in [2.24, 2.45) is 11.8 Å². The maximum absolute atomic E-state index is 13.3. The molecule has 5 rings (SSSR count). The number of aliphatic hydroxyl groups is 1.